The molecule has 1 atom stereocenters. The van der Waals surface area contributed by atoms with E-state index >= 15 is 0 Å². The number of halogens is 1. The highest BCUT2D eigenvalue weighted by Crippen LogP contribution is 2.26. The minimum atomic E-state index is 0.125. The Morgan fingerprint density at radius 2 is 2.37 bits per heavy atom. The number of piperidine rings is 1. The van der Waals surface area contributed by atoms with Crippen molar-refractivity contribution in [1.29, 1.82) is 0 Å². The number of methoxy groups -OCH3 is 1. The van der Waals surface area contributed by atoms with Gasteiger partial charge in [0, 0.05) is 19.1 Å². The van der Waals surface area contributed by atoms with Crippen molar-refractivity contribution in [3.05, 3.63) is 28.2 Å². The summed E-state index contributed by atoms with van der Waals surface area (Å²) >= 11 is 3.43. The molecule has 5 heteroatoms. The first-order valence-corrected chi connectivity index (χ1v) is 7.25. The lowest BCUT2D eigenvalue weighted by Crippen LogP contribution is -2.46. The van der Waals surface area contributed by atoms with Crippen LogP contribution >= 0.6 is 15.9 Å². The molecular formula is C14H19BrN2O2. The zero-order valence-corrected chi connectivity index (χ0v) is 12.6. The normalized spacial score (nSPS) is 19.3. The molecule has 1 amide bonds. The van der Waals surface area contributed by atoms with Crippen molar-refractivity contribution < 1.29 is 9.53 Å². The average molecular weight is 327 g/mol. The Morgan fingerprint density at radius 1 is 1.58 bits per heavy atom. The van der Waals surface area contributed by atoms with E-state index in [-0.39, 0.29) is 11.9 Å². The Bertz CT molecular complexity index is 465. The molecule has 19 heavy (non-hydrogen) atoms. The van der Waals surface area contributed by atoms with Crippen molar-refractivity contribution in [3.8, 4) is 5.75 Å². The summed E-state index contributed by atoms with van der Waals surface area (Å²) in [6.45, 7) is 1.50. The van der Waals surface area contributed by atoms with Gasteiger partial charge < -0.3 is 15.4 Å². The van der Waals surface area contributed by atoms with E-state index in [1.807, 2.05) is 23.1 Å². The van der Waals surface area contributed by atoms with E-state index in [1.165, 1.54) is 0 Å². The summed E-state index contributed by atoms with van der Waals surface area (Å²) in [5, 5.41) is 0. The third kappa shape index (κ3) is 3.70. The number of nitrogens with zero attached hydrogens (tertiary/aromatic N) is 1. The van der Waals surface area contributed by atoms with Crippen LogP contribution in [-0.2, 0) is 11.2 Å². The van der Waals surface area contributed by atoms with Crippen molar-refractivity contribution in [2.45, 2.75) is 25.3 Å². The predicted molar refractivity (Wildman–Crippen MR) is 78.2 cm³/mol. The van der Waals surface area contributed by atoms with Crippen molar-refractivity contribution >= 4 is 21.8 Å². The molecule has 1 heterocycles. The smallest absolute Gasteiger partial charge is 0.227 e. The fraction of sp³-hybridized carbons (Fsp3) is 0.500. The molecule has 1 aliphatic heterocycles. The van der Waals surface area contributed by atoms with Crippen LogP contribution in [0.5, 0.6) is 5.75 Å². The summed E-state index contributed by atoms with van der Waals surface area (Å²) in [4.78, 5) is 14.1. The highest BCUT2D eigenvalue weighted by atomic mass is 79.9. The highest BCUT2D eigenvalue weighted by molar-refractivity contribution is 9.10. The first kappa shape index (κ1) is 14.3. The maximum atomic E-state index is 12.2. The van der Waals surface area contributed by atoms with Crippen molar-refractivity contribution in [3.63, 3.8) is 0 Å². The molecule has 0 aliphatic carbocycles. The Kier molecular flexibility index (Phi) is 4.82. The molecule has 0 bridgehead atoms. The van der Waals surface area contributed by atoms with E-state index in [0.717, 1.165) is 35.2 Å². The monoisotopic (exact) mass is 326 g/mol. The summed E-state index contributed by atoms with van der Waals surface area (Å²) in [5.41, 5.74) is 6.88. The number of nitrogens with two attached hydrogens (primary N) is 1. The predicted octanol–water partition coefficient (Wildman–Crippen LogP) is 1.95. The largest absolute Gasteiger partial charge is 0.496 e. The third-order valence-electron chi connectivity index (χ3n) is 3.38. The van der Waals surface area contributed by atoms with Crippen LogP contribution in [0.25, 0.3) is 0 Å². The van der Waals surface area contributed by atoms with Crippen molar-refractivity contribution in [1.82, 2.24) is 4.90 Å². The molecule has 0 aromatic heterocycles. The minimum Gasteiger partial charge on any atom is -0.496 e. The van der Waals surface area contributed by atoms with Crippen molar-refractivity contribution in [2.24, 2.45) is 5.73 Å². The lowest BCUT2D eigenvalue weighted by molar-refractivity contribution is -0.131. The number of ether oxygens (including phenoxy) is 1. The summed E-state index contributed by atoms with van der Waals surface area (Å²) in [5.74, 6) is 0.920. The van der Waals surface area contributed by atoms with E-state index in [2.05, 4.69) is 15.9 Å². The molecular weight excluding hydrogens is 308 g/mol. The Balaban J connectivity index is 2.00. The number of benzene rings is 1. The standard InChI is InChI=1S/C14H19BrN2O2/c1-19-13-5-4-10(7-12(13)15)8-14(18)17-6-2-3-11(16)9-17/h4-5,7,11H,2-3,6,8-9,16H2,1H3. The Labute approximate surface area is 122 Å². The van der Waals surface area contributed by atoms with Gasteiger partial charge in [-0.05, 0) is 46.5 Å². The molecule has 0 radical (unpaired) electrons. The summed E-state index contributed by atoms with van der Waals surface area (Å²) < 4.78 is 6.05. The van der Waals surface area contributed by atoms with Gasteiger partial charge >= 0.3 is 0 Å². The van der Waals surface area contributed by atoms with Gasteiger partial charge in [-0.2, -0.15) is 0 Å². The minimum absolute atomic E-state index is 0.125. The van der Waals surface area contributed by atoms with Crippen LogP contribution in [0, 0.1) is 0 Å². The molecule has 0 saturated carbocycles. The zero-order valence-electron chi connectivity index (χ0n) is 11.1. The van der Waals surface area contributed by atoms with Gasteiger partial charge in [0.15, 0.2) is 0 Å². The molecule has 4 nitrogen and oxygen atoms in total. The van der Waals surface area contributed by atoms with E-state index < -0.39 is 0 Å². The number of hydrogen-bond acceptors (Lipinski definition) is 3. The molecule has 2 N–H and O–H groups in total. The van der Waals surface area contributed by atoms with E-state index in [9.17, 15) is 4.79 Å². The molecule has 1 fully saturated rings. The van der Waals surface area contributed by atoms with Gasteiger partial charge in [0.1, 0.15) is 5.75 Å². The van der Waals surface area contributed by atoms with Gasteiger partial charge in [0.05, 0.1) is 18.0 Å². The molecule has 0 spiro atoms. The van der Waals surface area contributed by atoms with Crippen LogP contribution < -0.4 is 10.5 Å². The van der Waals surface area contributed by atoms with E-state index in [0.29, 0.717) is 13.0 Å². The van der Waals surface area contributed by atoms with Gasteiger partial charge in [0.2, 0.25) is 5.91 Å². The summed E-state index contributed by atoms with van der Waals surface area (Å²) in [6.07, 6.45) is 2.42. The second kappa shape index (κ2) is 6.39. The van der Waals surface area contributed by atoms with E-state index in [4.69, 9.17) is 10.5 Å². The first-order chi connectivity index (χ1) is 9.10. The topological polar surface area (TPSA) is 55.6 Å². The first-order valence-electron chi connectivity index (χ1n) is 6.46. The fourth-order valence-corrected chi connectivity index (χ4v) is 2.93. The number of carbonyl (C=O) groups excluding carboxylic acids is 1. The number of rotatable bonds is 3. The molecule has 2 rings (SSSR count). The third-order valence-corrected chi connectivity index (χ3v) is 4.00. The average Bonchev–Trinajstić information content (AvgIpc) is 2.39. The summed E-state index contributed by atoms with van der Waals surface area (Å²) in [7, 11) is 1.63. The second-order valence-corrected chi connectivity index (χ2v) is 5.74. The maximum absolute atomic E-state index is 12.2. The molecule has 1 aliphatic rings. The van der Waals surface area contributed by atoms with E-state index in [1.54, 1.807) is 7.11 Å². The van der Waals surface area contributed by atoms with Gasteiger partial charge in [-0.1, -0.05) is 6.07 Å². The quantitative estimate of drug-likeness (QED) is 0.923. The maximum Gasteiger partial charge on any atom is 0.227 e. The molecule has 1 aromatic rings. The van der Waals surface area contributed by atoms with Crippen LogP contribution in [0.1, 0.15) is 18.4 Å². The van der Waals surface area contributed by atoms with Crippen molar-refractivity contribution in [2.75, 3.05) is 20.2 Å². The van der Waals surface area contributed by atoms with Crippen LogP contribution in [0.2, 0.25) is 0 Å². The molecule has 1 aromatic carbocycles. The number of carbonyl (C=O) groups is 1. The van der Waals surface area contributed by atoms with Crippen LogP contribution in [-0.4, -0.2) is 37.0 Å². The molecule has 104 valence electrons. The Hall–Kier alpha value is -1.07. The second-order valence-electron chi connectivity index (χ2n) is 4.89. The SMILES string of the molecule is COc1ccc(CC(=O)N2CCCC(N)C2)cc1Br. The number of amides is 1. The highest BCUT2D eigenvalue weighted by Gasteiger charge is 2.21. The molecule has 1 unspecified atom stereocenters. The molecule has 1 saturated heterocycles. The zero-order chi connectivity index (χ0) is 13.8. The lowest BCUT2D eigenvalue weighted by atomic mass is 10.1. The fourth-order valence-electron chi connectivity index (χ4n) is 2.34. The Morgan fingerprint density at radius 3 is 3.00 bits per heavy atom. The number of hydrogen-bond donors (Lipinski definition) is 1. The van der Waals surface area contributed by atoms with Crippen LogP contribution in [0.4, 0.5) is 0 Å². The van der Waals surface area contributed by atoms with Gasteiger partial charge in [-0.15, -0.1) is 0 Å². The van der Waals surface area contributed by atoms with Gasteiger partial charge in [-0.3, -0.25) is 4.79 Å². The lowest BCUT2D eigenvalue weighted by Gasteiger charge is -2.30. The number of likely N-dealkylation sites (tertiary alicyclic amines) is 1. The summed E-state index contributed by atoms with van der Waals surface area (Å²) in [6, 6.07) is 5.85. The van der Waals surface area contributed by atoms with Crippen LogP contribution in [0.15, 0.2) is 22.7 Å². The van der Waals surface area contributed by atoms with Gasteiger partial charge in [-0.25, -0.2) is 0 Å². The van der Waals surface area contributed by atoms with Gasteiger partial charge in [0.25, 0.3) is 0 Å². The van der Waals surface area contributed by atoms with Crippen LogP contribution in [0.3, 0.4) is 0 Å².